The fourth-order valence-corrected chi connectivity index (χ4v) is 0.949. The molecule has 0 aromatic rings. The zero-order valence-electron chi connectivity index (χ0n) is 5.38. The van der Waals surface area contributed by atoms with Gasteiger partial charge in [-0.25, -0.2) is 0 Å². The Hall–Kier alpha value is 0.240. The summed E-state index contributed by atoms with van der Waals surface area (Å²) in [7, 11) is 3.93. The molecule has 8 heavy (non-hydrogen) atoms. The summed E-state index contributed by atoms with van der Waals surface area (Å²) in [5.74, 6) is 0. The Morgan fingerprint density at radius 2 is 2.12 bits per heavy atom. The fourth-order valence-electron chi connectivity index (χ4n) is 0.211. The van der Waals surface area contributed by atoms with E-state index in [0.717, 1.165) is 5.03 Å². The standard InChI is InChI=1S/C5H11NS2/c1-6(2)5(7)4-8-3/h4,7H,1-3H3/b5-4+. The van der Waals surface area contributed by atoms with Gasteiger partial charge >= 0.3 is 0 Å². The second-order valence-corrected chi connectivity index (χ2v) is 2.77. The number of rotatable bonds is 2. The molecule has 0 spiro atoms. The smallest absolute Gasteiger partial charge is 0.0735 e. The van der Waals surface area contributed by atoms with Gasteiger partial charge in [-0.05, 0) is 6.26 Å². The second-order valence-electron chi connectivity index (χ2n) is 1.61. The summed E-state index contributed by atoms with van der Waals surface area (Å²) in [6, 6.07) is 0. The summed E-state index contributed by atoms with van der Waals surface area (Å²) in [6.45, 7) is 0. The van der Waals surface area contributed by atoms with E-state index < -0.39 is 0 Å². The molecule has 0 saturated heterocycles. The summed E-state index contributed by atoms with van der Waals surface area (Å²) < 4.78 is 0. The molecule has 0 rings (SSSR count). The first-order valence-electron chi connectivity index (χ1n) is 2.27. The third-order valence-corrected chi connectivity index (χ3v) is 1.84. The Bertz CT molecular complexity index is 88.4. The van der Waals surface area contributed by atoms with Crippen molar-refractivity contribution >= 4 is 24.4 Å². The van der Waals surface area contributed by atoms with Gasteiger partial charge in [0.2, 0.25) is 0 Å². The maximum absolute atomic E-state index is 4.17. The predicted octanol–water partition coefficient (Wildman–Crippen LogP) is 1.64. The molecular weight excluding hydrogens is 138 g/mol. The van der Waals surface area contributed by atoms with E-state index in [1.54, 1.807) is 11.8 Å². The number of nitrogens with zero attached hydrogens (tertiary/aromatic N) is 1. The van der Waals surface area contributed by atoms with Crippen molar-refractivity contribution in [3.63, 3.8) is 0 Å². The molecule has 0 atom stereocenters. The minimum Gasteiger partial charge on any atom is -0.372 e. The Kier molecular flexibility index (Phi) is 4.28. The van der Waals surface area contributed by atoms with Crippen LogP contribution >= 0.6 is 24.4 Å². The third-order valence-electron chi connectivity index (χ3n) is 0.681. The third kappa shape index (κ3) is 3.27. The first-order chi connectivity index (χ1) is 3.68. The minimum atomic E-state index is 0.998. The van der Waals surface area contributed by atoms with Crippen molar-refractivity contribution in [2.24, 2.45) is 0 Å². The SMILES string of the molecule is CS/C=C(/S)N(C)C. The van der Waals surface area contributed by atoms with Crippen molar-refractivity contribution in [3.05, 3.63) is 10.4 Å². The van der Waals surface area contributed by atoms with Crippen LogP contribution < -0.4 is 0 Å². The molecule has 0 heterocycles. The molecule has 0 aromatic carbocycles. The highest BCUT2D eigenvalue weighted by Gasteiger charge is 1.87. The number of thioether (sulfide) groups is 1. The van der Waals surface area contributed by atoms with E-state index >= 15 is 0 Å². The van der Waals surface area contributed by atoms with Crippen molar-refractivity contribution < 1.29 is 0 Å². The van der Waals surface area contributed by atoms with Gasteiger partial charge < -0.3 is 4.90 Å². The van der Waals surface area contributed by atoms with Gasteiger partial charge in [-0.2, -0.15) is 0 Å². The summed E-state index contributed by atoms with van der Waals surface area (Å²) >= 11 is 5.83. The molecule has 0 aliphatic rings. The van der Waals surface area contributed by atoms with Crippen LogP contribution in [0, 0.1) is 0 Å². The maximum Gasteiger partial charge on any atom is 0.0735 e. The van der Waals surface area contributed by atoms with Crippen LogP contribution in [0.5, 0.6) is 0 Å². The summed E-state index contributed by atoms with van der Waals surface area (Å²) in [6.07, 6.45) is 2.01. The Labute approximate surface area is 60.5 Å². The molecule has 0 bridgehead atoms. The molecule has 48 valence electrons. The van der Waals surface area contributed by atoms with Crippen LogP contribution in [0.4, 0.5) is 0 Å². The zero-order chi connectivity index (χ0) is 6.57. The summed E-state index contributed by atoms with van der Waals surface area (Å²) in [5.41, 5.74) is 0. The average Bonchev–Trinajstić information content (AvgIpc) is 1.67. The van der Waals surface area contributed by atoms with Crippen molar-refractivity contribution in [3.8, 4) is 0 Å². The lowest BCUT2D eigenvalue weighted by Gasteiger charge is -2.09. The lowest BCUT2D eigenvalue weighted by atomic mass is 10.8. The van der Waals surface area contributed by atoms with E-state index in [0.29, 0.717) is 0 Å². The van der Waals surface area contributed by atoms with Gasteiger partial charge in [0.05, 0.1) is 5.03 Å². The van der Waals surface area contributed by atoms with E-state index in [1.807, 2.05) is 30.7 Å². The van der Waals surface area contributed by atoms with Crippen LogP contribution in [-0.4, -0.2) is 25.3 Å². The van der Waals surface area contributed by atoms with Gasteiger partial charge in [-0.3, -0.25) is 0 Å². The number of hydrogen-bond donors (Lipinski definition) is 1. The van der Waals surface area contributed by atoms with Crippen molar-refractivity contribution in [1.29, 1.82) is 0 Å². The molecule has 3 heteroatoms. The van der Waals surface area contributed by atoms with Gasteiger partial charge in [0.1, 0.15) is 0 Å². The largest absolute Gasteiger partial charge is 0.372 e. The van der Waals surface area contributed by atoms with E-state index in [-0.39, 0.29) is 0 Å². The maximum atomic E-state index is 4.17. The number of thiol groups is 1. The van der Waals surface area contributed by atoms with Crippen LogP contribution in [0.2, 0.25) is 0 Å². The molecule has 0 fully saturated rings. The van der Waals surface area contributed by atoms with Gasteiger partial charge in [0.25, 0.3) is 0 Å². The van der Waals surface area contributed by atoms with Gasteiger partial charge in [0, 0.05) is 19.5 Å². The first-order valence-corrected chi connectivity index (χ1v) is 4.01. The molecular formula is C5H11NS2. The molecule has 0 saturated carbocycles. The lowest BCUT2D eigenvalue weighted by molar-refractivity contribution is 0.553. The molecule has 0 unspecified atom stereocenters. The minimum absolute atomic E-state index is 0.998. The van der Waals surface area contributed by atoms with Gasteiger partial charge in [0.15, 0.2) is 0 Å². The molecule has 0 radical (unpaired) electrons. The highest BCUT2D eigenvalue weighted by atomic mass is 32.2. The topological polar surface area (TPSA) is 3.24 Å². The molecule has 0 aliphatic carbocycles. The summed E-state index contributed by atoms with van der Waals surface area (Å²) in [5, 5.41) is 2.99. The van der Waals surface area contributed by atoms with Gasteiger partial charge in [-0.15, -0.1) is 24.4 Å². The Morgan fingerprint density at radius 3 is 2.25 bits per heavy atom. The van der Waals surface area contributed by atoms with E-state index in [9.17, 15) is 0 Å². The summed E-state index contributed by atoms with van der Waals surface area (Å²) in [4.78, 5) is 1.96. The fraction of sp³-hybridized carbons (Fsp3) is 0.600. The average molecular weight is 149 g/mol. The van der Waals surface area contributed by atoms with Crippen LogP contribution in [0.15, 0.2) is 10.4 Å². The normalized spacial score (nSPS) is 11.8. The molecule has 0 aromatic heterocycles. The first kappa shape index (κ1) is 8.24. The van der Waals surface area contributed by atoms with Crippen LogP contribution in [0.3, 0.4) is 0 Å². The number of hydrogen-bond acceptors (Lipinski definition) is 3. The molecule has 0 N–H and O–H groups in total. The van der Waals surface area contributed by atoms with E-state index in [2.05, 4.69) is 12.6 Å². The molecule has 0 amide bonds. The van der Waals surface area contributed by atoms with E-state index in [4.69, 9.17) is 0 Å². The van der Waals surface area contributed by atoms with E-state index in [1.165, 1.54) is 0 Å². The second kappa shape index (κ2) is 4.15. The lowest BCUT2D eigenvalue weighted by Crippen LogP contribution is -2.05. The van der Waals surface area contributed by atoms with Crippen molar-refractivity contribution in [2.75, 3.05) is 20.4 Å². The molecule has 0 aliphatic heterocycles. The quantitative estimate of drug-likeness (QED) is 0.595. The highest BCUT2D eigenvalue weighted by Crippen LogP contribution is 2.08. The van der Waals surface area contributed by atoms with Crippen LogP contribution in [0.1, 0.15) is 0 Å². The van der Waals surface area contributed by atoms with Crippen molar-refractivity contribution in [1.82, 2.24) is 4.90 Å². The predicted molar refractivity (Wildman–Crippen MR) is 44.3 cm³/mol. The Balaban J connectivity index is 3.61. The van der Waals surface area contributed by atoms with Crippen LogP contribution in [0.25, 0.3) is 0 Å². The van der Waals surface area contributed by atoms with Gasteiger partial charge in [-0.1, -0.05) is 0 Å². The monoisotopic (exact) mass is 149 g/mol. The zero-order valence-corrected chi connectivity index (χ0v) is 7.09. The Morgan fingerprint density at radius 1 is 1.62 bits per heavy atom. The molecule has 1 nitrogen and oxygen atoms in total. The van der Waals surface area contributed by atoms with Crippen molar-refractivity contribution in [2.45, 2.75) is 0 Å². The van der Waals surface area contributed by atoms with Crippen LogP contribution in [-0.2, 0) is 0 Å². The highest BCUT2D eigenvalue weighted by molar-refractivity contribution is 8.02.